The van der Waals surface area contributed by atoms with Crippen molar-refractivity contribution in [2.24, 2.45) is 0 Å². The highest BCUT2D eigenvalue weighted by atomic mass is 16.5. The van der Waals surface area contributed by atoms with Crippen LogP contribution in [0.2, 0.25) is 0 Å². The molecule has 0 bridgehead atoms. The Morgan fingerprint density at radius 2 is 2.00 bits per heavy atom. The van der Waals surface area contributed by atoms with Gasteiger partial charge in [0, 0.05) is 37.0 Å². The number of hydrogen-bond acceptors (Lipinski definition) is 3. The van der Waals surface area contributed by atoms with Crippen molar-refractivity contribution < 1.29 is 4.74 Å². The summed E-state index contributed by atoms with van der Waals surface area (Å²) >= 11 is 0. The Balaban J connectivity index is 2.42. The molecule has 1 rings (SSSR count). The molecule has 0 saturated carbocycles. The summed E-state index contributed by atoms with van der Waals surface area (Å²) < 4.78 is 5.43. The van der Waals surface area contributed by atoms with Gasteiger partial charge in [0.25, 0.3) is 0 Å². The normalized spacial score (nSPS) is 11.8. The van der Waals surface area contributed by atoms with Gasteiger partial charge in [-0.2, -0.15) is 0 Å². The standard InChI is InChI=1S/C16H28N2O/c1-6-8-19-9-7-17-11-14-10-13(2)15(18-12-14)16(3,4)5/h10,12,17H,6-9,11H2,1-5H3. The molecule has 0 aromatic carbocycles. The third-order valence-electron chi connectivity index (χ3n) is 2.95. The Morgan fingerprint density at radius 3 is 2.58 bits per heavy atom. The third kappa shape index (κ3) is 5.70. The Morgan fingerprint density at radius 1 is 1.26 bits per heavy atom. The zero-order chi connectivity index (χ0) is 14.3. The number of aryl methyl sites for hydroxylation is 1. The fourth-order valence-corrected chi connectivity index (χ4v) is 2.14. The first kappa shape index (κ1) is 16.1. The highest BCUT2D eigenvalue weighted by molar-refractivity contribution is 5.28. The molecule has 1 heterocycles. The van der Waals surface area contributed by atoms with E-state index in [2.05, 4.69) is 51.0 Å². The summed E-state index contributed by atoms with van der Waals surface area (Å²) in [4.78, 5) is 4.61. The second-order valence-electron chi connectivity index (χ2n) is 6.05. The molecule has 108 valence electrons. The van der Waals surface area contributed by atoms with Crippen LogP contribution >= 0.6 is 0 Å². The van der Waals surface area contributed by atoms with E-state index in [1.807, 2.05) is 6.20 Å². The van der Waals surface area contributed by atoms with Crippen LogP contribution in [0.1, 0.15) is 50.9 Å². The van der Waals surface area contributed by atoms with E-state index in [1.165, 1.54) is 16.8 Å². The molecule has 0 fully saturated rings. The topological polar surface area (TPSA) is 34.1 Å². The quantitative estimate of drug-likeness (QED) is 0.768. The number of nitrogens with zero attached hydrogens (tertiary/aromatic N) is 1. The van der Waals surface area contributed by atoms with Gasteiger partial charge in [0.1, 0.15) is 0 Å². The lowest BCUT2D eigenvalue weighted by atomic mass is 9.88. The van der Waals surface area contributed by atoms with Crippen LogP contribution in [0.25, 0.3) is 0 Å². The van der Waals surface area contributed by atoms with Gasteiger partial charge in [0.05, 0.1) is 6.61 Å². The van der Waals surface area contributed by atoms with E-state index < -0.39 is 0 Å². The van der Waals surface area contributed by atoms with Gasteiger partial charge in [-0.25, -0.2) is 0 Å². The molecule has 0 unspecified atom stereocenters. The van der Waals surface area contributed by atoms with Crippen LogP contribution in [0.15, 0.2) is 12.3 Å². The summed E-state index contributed by atoms with van der Waals surface area (Å²) in [6.07, 6.45) is 3.06. The lowest BCUT2D eigenvalue weighted by Crippen LogP contribution is -2.20. The summed E-state index contributed by atoms with van der Waals surface area (Å²) in [5.41, 5.74) is 3.81. The van der Waals surface area contributed by atoms with Crippen molar-refractivity contribution in [3.05, 3.63) is 29.1 Å². The highest BCUT2D eigenvalue weighted by Gasteiger charge is 2.17. The van der Waals surface area contributed by atoms with Gasteiger partial charge in [-0.1, -0.05) is 33.8 Å². The number of ether oxygens (including phenoxy) is 1. The van der Waals surface area contributed by atoms with E-state index in [0.29, 0.717) is 0 Å². The molecule has 0 atom stereocenters. The van der Waals surface area contributed by atoms with Crippen molar-refractivity contribution in [3.63, 3.8) is 0 Å². The van der Waals surface area contributed by atoms with Gasteiger partial charge in [0.15, 0.2) is 0 Å². The summed E-state index contributed by atoms with van der Waals surface area (Å²) in [5.74, 6) is 0. The first-order chi connectivity index (χ1) is 8.95. The van der Waals surface area contributed by atoms with E-state index in [-0.39, 0.29) is 5.41 Å². The van der Waals surface area contributed by atoms with Gasteiger partial charge >= 0.3 is 0 Å². The fraction of sp³-hybridized carbons (Fsp3) is 0.688. The number of rotatable bonds is 7. The van der Waals surface area contributed by atoms with Crippen molar-refractivity contribution in [3.8, 4) is 0 Å². The Hall–Kier alpha value is -0.930. The minimum atomic E-state index is 0.115. The lowest BCUT2D eigenvalue weighted by Gasteiger charge is -2.20. The molecule has 0 aliphatic heterocycles. The van der Waals surface area contributed by atoms with Crippen LogP contribution in [0.3, 0.4) is 0 Å². The van der Waals surface area contributed by atoms with Crippen LogP contribution < -0.4 is 5.32 Å². The minimum absolute atomic E-state index is 0.115. The van der Waals surface area contributed by atoms with Gasteiger partial charge in [-0.15, -0.1) is 0 Å². The fourth-order valence-electron chi connectivity index (χ4n) is 2.14. The van der Waals surface area contributed by atoms with Crippen LogP contribution in [-0.2, 0) is 16.7 Å². The van der Waals surface area contributed by atoms with Crippen LogP contribution in [0.5, 0.6) is 0 Å². The molecule has 19 heavy (non-hydrogen) atoms. The van der Waals surface area contributed by atoms with Gasteiger partial charge < -0.3 is 10.1 Å². The second-order valence-corrected chi connectivity index (χ2v) is 6.05. The number of aromatic nitrogens is 1. The molecular weight excluding hydrogens is 236 g/mol. The van der Waals surface area contributed by atoms with E-state index in [4.69, 9.17) is 4.74 Å². The zero-order valence-electron chi connectivity index (χ0n) is 13.0. The third-order valence-corrected chi connectivity index (χ3v) is 2.95. The SMILES string of the molecule is CCCOCCNCc1cnc(C(C)(C)C)c(C)c1. The Bertz CT molecular complexity index is 383. The average molecular weight is 264 g/mol. The van der Waals surface area contributed by atoms with Crippen molar-refractivity contribution in [1.82, 2.24) is 10.3 Å². The van der Waals surface area contributed by atoms with Crippen LogP contribution in [-0.4, -0.2) is 24.7 Å². The summed E-state index contributed by atoms with van der Waals surface area (Å²) in [5, 5.41) is 3.38. The molecular formula is C16H28N2O. The van der Waals surface area contributed by atoms with Crippen molar-refractivity contribution in [1.29, 1.82) is 0 Å². The average Bonchev–Trinajstić information content (AvgIpc) is 2.32. The lowest BCUT2D eigenvalue weighted by molar-refractivity contribution is 0.136. The molecule has 1 aromatic rings. The van der Waals surface area contributed by atoms with E-state index in [1.54, 1.807) is 0 Å². The predicted molar refractivity (Wildman–Crippen MR) is 80.5 cm³/mol. The number of pyridine rings is 1. The molecule has 0 aliphatic carbocycles. The molecule has 0 amide bonds. The number of hydrogen-bond donors (Lipinski definition) is 1. The Labute approximate surface area is 117 Å². The minimum Gasteiger partial charge on any atom is -0.380 e. The molecule has 0 spiro atoms. The molecule has 1 aromatic heterocycles. The van der Waals surface area contributed by atoms with E-state index in [0.717, 1.165) is 32.7 Å². The second kappa shape index (κ2) is 7.61. The summed E-state index contributed by atoms with van der Waals surface area (Å²) in [7, 11) is 0. The zero-order valence-corrected chi connectivity index (χ0v) is 13.0. The maximum Gasteiger partial charge on any atom is 0.0591 e. The van der Waals surface area contributed by atoms with Crippen molar-refractivity contribution in [2.75, 3.05) is 19.8 Å². The van der Waals surface area contributed by atoms with E-state index >= 15 is 0 Å². The highest BCUT2D eigenvalue weighted by Crippen LogP contribution is 2.23. The molecule has 3 nitrogen and oxygen atoms in total. The van der Waals surface area contributed by atoms with Crippen LogP contribution in [0.4, 0.5) is 0 Å². The van der Waals surface area contributed by atoms with Crippen molar-refractivity contribution in [2.45, 2.75) is 53.0 Å². The van der Waals surface area contributed by atoms with Gasteiger partial charge in [0.2, 0.25) is 0 Å². The van der Waals surface area contributed by atoms with Gasteiger partial charge in [-0.05, 0) is 24.5 Å². The monoisotopic (exact) mass is 264 g/mol. The molecule has 3 heteroatoms. The van der Waals surface area contributed by atoms with Crippen molar-refractivity contribution >= 4 is 0 Å². The molecule has 0 saturated heterocycles. The smallest absolute Gasteiger partial charge is 0.0591 e. The largest absolute Gasteiger partial charge is 0.380 e. The summed E-state index contributed by atoms with van der Waals surface area (Å²) in [6, 6.07) is 2.23. The molecule has 0 radical (unpaired) electrons. The maximum absolute atomic E-state index is 5.43. The Kier molecular flexibility index (Phi) is 6.46. The van der Waals surface area contributed by atoms with E-state index in [9.17, 15) is 0 Å². The first-order valence-electron chi connectivity index (χ1n) is 7.19. The molecule has 0 aliphatic rings. The van der Waals surface area contributed by atoms with Gasteiger partial charge in [-0.3, -0.25) is 4.98 Å². The van der Waals surface area contributed by atoms with Crippen LogP contribution in [0, 0.1) is 6.92 Å². The molecule has 1 N–H and O–H groups in total. The predicted octanol–water partition coefficient (Wildman–Crippen LogP) is 3.20. The number of nitrogens with one attached hydrogen (secondary N) is 1. The first-order valence-corrected chi connectivity index (χ1v) is 7.19. The summed E-state index contributed by atoms with van der Waals surface area (Å²) in [6.45, 7) is 14.2. The maximum atomic E-state index is 5.43.